The van der Waals surface area contributed by atoms with Gasteiger partial charge in [-0.3, -0.25) is 9.59 Å². The third-order valence-corrected chi connectivity index (χ3v) is 6.57. The molecule has 5 nitrogen and oxygen atoms in total. The van der Waals surface area contributed by atoms with Gasteiger partial charge in [0, 0.05) is 37.8 Å². The minimum atomic E-state index is -0.220. The molecule has 2 aliphatic heterocycles. The summed E-state index contributed by atoms with van der Waals surface area (Å²) in [5, 5.41) is 0. The lowest BCUT2D eigenvalue weighted by molar-refractivity contribution is -0.135. The summed E-state index contributed by atoms with van der Waals surface area (Å²) in [7, 11) is 0. The summed E-state index contributed by atoms with van der Waals surface area (Å²) in [4.78, 5) is 29.3. The SMILES string of the molecule is Cc1cccc(N2CC(C(=O)N3CC4CCC(N)C4C3)CC2=O)c1C. The van der Waals surface area contributed by atoms with Gasteiger partial charge in [-0.2, -0.15) is 0 Å². The number of aryl methyl sites for hydroxylation is 1. The Labute approximate surface area is 149 Å². The fraction of sp³-hybridized carbons (Fsp3) is 0.600. The lowest BCUT2D eigenvalue weighted by Crippen LogP contribution is -2.38. The number of fused-ring (bicyclic) bond motifs is 1. The average molecular weight is 341 g/mol. The zero-order chi connectivity index (χ0) is 17.7. The van der Waals surface area contributed by atoms with Gasteiger partial charge in [-0.15, -0.1) is 0 Å². The van der Waals surface area contributed by atoms with Gasteiger partial charge < -0.3 is 15.5 Å². The zero-order valence-electron chi connectivity index (χ0n) is 15.1. The average Bonchev–Trinajstić information content (AvgIpc) is 3.26. The van der Waals surface area contributed by atoms with Crippen molar-refractivity contribution in [3.05, 3.63) is 29.3 Å². The number of likely N-dealkylation sites (tertiary alicyclic amines) is 1. The van der Waals surface area contributed by atoms with Crippen molar-refractivity contribution in [3.63, 3.8) is 0 Å². The number of hydrogen-bond donors (Lipinski definition) is 1. The second-order valence-corrected chi connectivity index (χ2v) is 8.03. The molecule has 3 aliphatic rings. The Morgan fingerprint density at radius 3 is 2.72 bits per heavy atom. The van der Waals surface area contributed by atoms with Gasteiger partial charge in [-0.05, 0) is 55.7 Å². The highest BCUT2D eigenvalue weighted by molar-refractivity contribution is 6.01. The molecule has 1 aromatic carbocycles. The largest absolute Gasteiger partial charge is 0.342 e. The van der Waals surface area contributed by atoms with Gasteiger partial charge in [0.2, 0.25) is 11.8 Å². The van der Waals surface area contributed by atoms with Gasteiger partial charge in [-0.25, -0.2) is 0 Å². The Morgan fingerprint density at radius 2 is 1.96 bits per heavy atom. The fourth-order valence-electron chi connectivity index (χ4n) is 4.88. The third kappa shape index (κ3) is 2.74. The molecule has 0 spiro atoms. The van der Waals surface area contributed by atoms with Crippen molar-refractivity contribution in [1.29, 1.82) is 0 Å². The van der Waals surface area contributed by atoms with Crippen LogP contribution in [0.2, 0.25) is 0 Å². The molecule has 3 fully saturated rings. The normalized spacial score (nSPS) is 31.7. The predicted molar refractivity (Wildman–Crippen MR) is 97.1 cm³/mol. The van der Waals surface area contributed by atoms with E-state index in [-0.39, 0.29) is 23.8 Å². The number of amides is 2. The summed E-state index contributed by atoms with van der Waals surface area (Å²) >= 11 is 0. The van der Waals surface area contributed by atoms with Gasteiger partial charge in [0.15, 0.2) is 0 Å². The highest BCUT2D eigenvalue weighted by Crippen LogP contribution is 2.38. The van der Waals surface area contributed by atoms with Gasteiger partial charge in [0.25, 0.3) is 0 Å². The number of anilines is 1. The highest BCUT2D eigenvalue weighted by atomic mass is 16.2. The molecule has 0 radical (unpaired) electrons. The molecule has 1 saturated carbocycles. The second-order valence-electron chi connectivity index (χ2n) is 8.03. The minimum absolute atomic E-state index is 0.0585. The van der Waals surface area contributed by atoms with E-state index in [2.05, 4.69) is 0 Å². The molecule has 2 saturated heterocycles. The first kappa shape index (κ1) is 16.6. The van der Waals surface area contributed by atoms with Crippen LogP contribution in [0.25, 0.3) is 0 Å². The molecule has 2 heterocycles. The summed E-state index contributed by atoms with van der Waals surface area (Å²) in [6, 6.07) is 6.24. The van der Waals surface area contributed by atoms with Crippen LogP contribution in [0.1, 0.15) is 30.4 Å². The molecule has 0 bridgehead atoms. The second kappa shape index (κ2) is 6.13. The first-order chi connectivity index (χ1) is 12.0. The van der Waals surface area contributed by atoms with Gasteiger partial charge in [-0.1, -0.05) is 12.1 Å². The predicted octanol–water partition coefficient (Wildman–Crippen LogP) is 1.85. The Kier molecular flexibility index (Phi) is 4.07. The topological polar surface area (TPSA) is 66.6 Å². The first-order valence-corrected chi connectivity index (χ1v) is 9.36. The minimum Gasteiger partial charge on any atom is -0.342 e. The van der Waals surface area contributed by atoms with Crippen molar-refractivity contribution < 1.29 is 9.59 Å². The van der Waals surface area contributed by atoms with E-state index in [0.717, 1.165) is 37.2 Å². The van der Waals surface area contributed by atoms with Gasteiger partial charge in [0.05, 0.1) is 5.92 Å². The Bertz CT molecular complexity index is 717. The highest BCUT2D eigenvalue weighted by Gasteiger charge is 2.45. The molecule has 2 amide bonds. The Balaban J connectivity index is 1.47. The molecule has 2 N–H and O–H groups in total. The molecular formula is C20H27N3O2. The monoisotopic (exact) mass is 341 g/mol. The van der Waals surface area contributed by atoms with Crippen LogP contribution in [-0.2, 0) is 9.59 Å². The summed E-state index contributed by atoms with van der Waals surface area (Å²) < 4.78 is 0. The van der Waals surface area contributed by atoms with Crippen LogP contribution in [0.5, 0.6) is 0 Å². The van der Waals surface area contributed by atoms with Crippen molar-refractivity contribution in [2.75, 3.05) is 24.5 Å². The molecule has 4 rings (SSSR count). The number of carbonyl (C=O) groups is 2. The molecule has 25 heavy (non-hydrogen) atoms. The molecule has 4 unspecified atom stereocenters. The van der Waals surface area contributed by atoms with Crippen molar-refractivity contribution in [2.45, 2.75) is 39.2 Å². The van der Waals surface area contributed by atoms with E-state index in [1.807, 2.05) is 36.9 Å². The van der Waals surface area contributed by atoms with Crippen LogP contribution in [-0.4, -0.2) is 42.4 Å². The quantitative estimate of drug-likeness (QED) is 0.893. The molecule has 1 aromatic rings. The lowest BCUT2D eigenvalue weighted by Gasteiger charge is -2.23. The smallest absolute Gasteiger partial charge is 0.228 e. The van der Waals surface area contributed by atoms with Crippen molar-refractivity contribution in [1.82, 2.24) is 4.90 Å². The molecule has 134 valence electrons. The summed E-state index contributed by atoms with van der Waals surface area (Å²) in [5.41, 5.74) is 9.42. The summed E-state index contributed by atoms with van der Waals surface area (Å²) in [6.07, 6.45) is 2.54. The lowest BCUT2D eigenvalue weighted by atomic mass is 9.98. The maximum absolute atomic E-state index is 13.0. The molecule has 0 aromatic heterocycles. The van der Waals surface area contributed by atoms with Crippen LogP contribution in [0.3, 0.4) is 0 Å². The number of carbonyl (C=O) groups excluding carboxylic acids is 2. The molecular weight excluding hydrogens is 314 g/mol. The van der Waals surface area contributed by atoms with Crippen molar-refractivity contribution in [2.24, 2.45) is 23.5 Å². The number of benzene rings is 1. The Hall–Kier alpha value is -1.88. The standard InChI is InChI=1S/C20H27N3O2/c1-12-4-3-5-18(13(12)2)23-10-15(8-19(23)24)20(25)22-9-14-6-7-17(21)16(14)11-22/h3-5,14-17H,6-11,21H2,1-2H3. The maximum atomic E-state index is 13.0. The van der Waals surface area contributed by atoms with Crippen LogP contribution in [0.4, 0.5) is 5.69 Å². The number of nitrogens with two attached hydrogens (primary N) is 1. The van der Waals surface area contributed by atoms with Crippen LogP contribution >= 0.6 is 0 Å². The van der Waals surface area contributed by atoms with Crippen molar-refractivity contribution in [3.8, 4) is 0 Å². The first-order valence-electron chi connectivity index (χ1n) is 9.36. The molecule has 4 atom stereocenters. The van der Waals surface area contributed by atoms with E-state index < -0.39 is 0 Å². The molecule has 1 aliphatic carbocycles. The molecule has 5 heteroatoms. The van der Waals surface area contributed by atoms with E-state index in [1.165, 1.54) is 5.56 Å². The van der Waals surface area contributed by atoms with E-state index >= 15 is 0 Å². The van der Waals surface area contributed by atoms with E-state index in [9.17, 15) is 9.59 Å². The van der Waals surface area contributed by atoms with Crippen LogP contribution in [0, 0.1) is 31.6 Å². The Morgan fingerprint density at radius 1 is 1.16 bits per heavy atom. The van der Waals surface area contributed by atoms with Crippen LogP contribution < -0.4 is 10.6 Å². The summed E-state index contributed by atoms with van der Waals surface area (Å²) in [6.45, 7) is 6.19. The van der Waals surface area contributed by atoms with E-state index in [1.54, 1.807) is 4.90 Å². The fourth-order valence-corrected chi connectivity index (χ4v) is 4.88. The zero-order valence-corrected chi connectivity index (χ0v) is 15.1. The van der Waals surface area contributed by atoms with E-state index in [4.69, 9.17) is 5.73 Å². The van der Waals surface area contributed by atoms with Gasteiger partial charge >= 0.3 is 0 Å². The van der Waals surface area contributed by atoms with Gasteiger partial charge in [0.1, 0.15) is 0 Å². The number of hydrogen-bond acceptors (Lipinski definition) is 3. The van der Waals surface area contributed by atoms with Crippen LogP contribution in [0.15, 0.2) is 18.2 Å². The maximum Gasteiger partial charge on any atom is 0.228 e. The van der Waals surface area contributed by atoms with E-state index in [0.29, 0.717) is 24.8 Å². The number of rotatable bonds is 2. The number of nitrogens with zero attached hydrogens (tertiary/aromatic N) is 2. The van der Waals surface area contributed by atoms with Crippen molar-refractivity contribution >= 4 is 17.5 Å². The summed E-state index contributed by atoms with van der Waals surface area (Å²) in [5.74, 6) is 0.996. The third-order valence-electron chi connectivity index (χ3n) is 6.57.